The van der Waals surface area contributed by atoms with E-state index in [1.165, 1.54) is 32.1 Å². The number of rotatable bonds is 14. The lowest BCUT2D eigenvalue weighted by molar-refractivity contribution is -0.230. The topological polar surface area (TPSA) is 138 Å². The van der Waals surface area contributed by atoms with Gasteiger partial charge in [0.1, 0.15) is 12.2 Å². The largest absolute Gasteiger partial charge is 0.490 e. The van der Waals surface area contributed by atoms with Crippen molar-refractivity contribution in [2.45, 2.75) is 108 Å². The van der Waals surface area contributed by atoms with Crippen LogP contribution in [0.5, 0.6) is 0 Å². The molecule has 9 nitrogen and oxygen atoms in total. The van der Waals surface area contributed by atoms with Crippen molar-refractivity contribution in [2.24, 2.45) is 5.73 Å². The molecule has 35 heavy (non-hydrogen) atoms. The lowest BCUT2D eigenvalue weighted by atomic mass is 9.94. The highest BCUT2D eigenvalue weighted by Crippen LogP contribution is 2.27. The van der Waals surface area contributed by atoms with Crippen LogP contribution in [0, 0.1) is 0 Å². The zero-order chi connectivity index (χ0) is 27.1. The fraction of sp³-hybridized carbons (Fsp3) is 0.913. The molecule has 1 aliphatic rings. The minimum Gasteiger partial charge on any atom is -0.475 e. The number of carbonyl (C=O) groups is 2. The molecule has 4 N–H and O–H groups in total. The molecule has 0 aromatic carbocycles. The average Bonchev–Trinajstić information content (AvgIpc) is 2.77. The summed E-state index contributed by atoms with van der Waals surface area (Å²) in [5.41, 5.74) is 4.47. The summed E-state index contributed by atoms with van der Waals surface area (Å²) < 4.78 is 54.7. The SMILES string of the molecule is CCCCCCCCC[C@@H]1OC[C@@H](OCC(C)(C)O)[C@H](OC)[C@@H]1OC(=O)CN.O=C(O)C(F)(F)F. The normalized spacial score (nSPS) is 22.8. The van der Waals surface area contributed by atoms with Crippen LogP contribution < -0.4 is 5.73 Å². The molecule has 1 saturated heterocycles. The van der Waals surface area contributed by atoms with Crippen LogP contribution in [0.15, 0.2) is 0 Å². The third-order valence-electron chi connectivity index (χ3n) is 5.22. The number of carbonyl (C=O) groups excluding carboxylic acids is 1. The second-order valence-electron chi connectivity index (χ2n) is 9.11. The first-order valence-corrected chi connectivity index (χ1v) is 11.9. The number of esters is 1. The van der Waals surface area contributed by atoms with E-state index in [1.54, 1.807) is 21.0 Å². The molecule has 1 fully saturated rings. The van der Waals surface area contributed by atoms with E-state index < -0.39 is 42.0 Å². The summed E-state index contributed by atoms with van der Waals surface area (Å²) in [7, 11) is 1.57. The van der Waals surface area contributed by atoms with E-state index in [1.807, 2.05) is 0 Å². The zero-order valence-electron chi connectivity index (χ0n) is 21.1. The van der Waals surface area contributed by atoms with Gasteiger partial charge in [0.2, 0.25) is 0 Å². The van der Waals surface area contributed by atoms with Gasteiger partial charge in [-0.2, -0.15) is 13.2 Å². The Balaban J connectivity index is 0.00000143. The van der Waals surface area contributed by atoms with Crippen LogP contribution >= 0.6 is 0 Å². The first-order chi connectivity index (χ1) is 16.3. The van der Waals surface area contributed by atoms with Crippen molar-refractivity contribution in [1.82, 2.24) is 0 Å². The van der Waals surface area contributed by atoms with Crippen LogP contribution in [0.4, 0.5) is 13.2 Å². The molecule has 0 unspecified atom stereocenters. The predicted octanol–water partition coefficient (Wildman–Crippen LogP) is 3.20. The summed E-state index contributed by atoms with van der Waals surface area (Å²) in [6.07, 6.45) is 2.50. The lowest BCUT2D eigenvalue weighted by Gasteiger charge is -2.41. The van der Waals surface area contributed by atoms with Gasteiger partial charge >= 0.3 is 18.1 Å². The monoisotopic (exact) mass is 517 g/mol. The highest BCUT2D eigenvalue weighted by atomic mass is 19.4. The minimum absolute atomic E-state index is 0.140. The Bertz CT molecular complexity index is 598. The summed E-state index contributed by atoms with van der Waals surface area (Å²) >= 11 is 0. The number of halogens is 3. The van der Waals surface area contributed by atoms with Crippen LogP contribution in [0.1, 0.15) is 72.1 Å². The van der Waals surface area contributed by atoms with Crippen molar-refractivity contribution < 1.29 is 51.9 Å². The van der Waals surface area contributed by atoms with E-state index in [2.05, 4.69) is 6.92 Å². The Labute approximate surface area is 205 Å². The summed E-state index contributed by atoms with van der Waals surface area (Å²) in [5, 5.41) is 17.0. The van der Waals surface area contributed by atoms with Gasteiger partial charge in [-0.1, -0.05) is 51.9 Å². The maximum absolute atomic E-state index is 11.8. The molecular formula is C23H42F3NO8. The van der Waals surface area contributed by atoms with Gasteiger partial charge in [-0.25, -0.2) is 4.79 Å². The molecule has 0 aromatic heterocycles. The maximum atomic E-state index is 11.8. The maximum Gasteiger partial charge on any atom is 0.490 e. The highest BCUT2D eigenvalue weighted by Gasteiger charge is 2.44. The number of alkyl halides is 3. The van der Waals surface area contributed by atoms with E-state index in [9.17, 15) is 23.1 Å². The van der Waals surface area contributed by atoms with Gasteiger partial charge in [0.05, 0.1) is 31.5 Å². The molecule has 1 aliphatic heterocycles. The van der Waals surface area contributed by atoms with E-state index in [0.29, 0.717) is 6.61 Å². The molecule has 0 amide bonds. The standard InChI is InChI=1S/C21H41NO6.C2HF3O2/c1-5-6-7-8-9-10-11-12-16-20(28-18(23)13-22)19(25-4)17(14-26-16)27-15-21(2,3)24;3-2(4,5)1(6)7/h16-17,19-20,24H,5-15,22H2,1-4H3;(H,6,7)/t16-,17+,19-,20+;/m0./s1. The number of carboxylic acids is 1. The summed E-state index contributed by atoms with van der Waals surface area (Å²) in [4.78, 5) is 20.7. The Morgan fingerprint density at radius 2 is 1.60 bits per heavy atom. The molecule has 1 rings (SSSR count). The number of aliphatic carboxylic acids is 1. The van der Waals surface area contributed by atoms with Crippen LogP contribution in [0.3, 0.4) is 0 Å². The molecule has 12 heteroatoms. The highest BCUT2D eigenvalue weighted by molar-refractivity contribution is 5.73. The summed E-state index contributed by atoms with van der Waals surface area (Å²) in [5.74, 6) is -3.24. The van der Waals surface area contributed by atoms with E-state index in [0.717, 1.165) is 19.3 Å². The van der Waals surface area contributed by atoms with E-state index in [4.69, 9.17) is 34.6 Å². The average molecular weight is 518 g/mol. The second kappa shape index (κ2) is 17.1. The summed E-state index contributed by atoms with van der Waals surface area (Å²) in [6.45, 7) is 5.86. The quantitative estimate of drug-likeness (QED) is 0.234. The number of aliphatic hydroxyl groups is 1. The molecule has 0 radical (unpaired) electrons. The number of nitrogens with two attached hydrogens (primary N) is 1. The molecule has 0 saturated carbocycles. The summed E-state index contributed by atoms with van der Waals surface area (Å²) in [6, 6.07) is 0. The fourth-order valence-corrected chi connectivity index (χ4v) is 3.46. The smallest absolute Gasteiger partial charge is 0.475 e. The van der Waals surface area contributed by atoms with Crippen LogP contribution in [0.2, 0.25) is 0 Å². The van der Waals surface area contributed by atoms with Crippen molar-refractivity contribution in [3.63, 3.8) is 0 Å². The van der Waals surface area contributed by atoms with Gasteiger partial charge in [0.15, 0.2) is 6.10 Å². The predicted molar refractivity (Wildman–Crippen MR) is 122 cm³/mol. The van der Waals surface area contributed by atoms with Crippen molar-refractivity contribution in [3.8, 4) is 0 Å². The van der Waals surface area contributed by atoms with Crippen LogP contribution in [0.25, 0.3) is 0 Å². The first-order valence-electron chi connectivity index (χ1n) is 11.9. The van der Waals surface area contributed by atoms with Crippen LogP contribution in [-0.2, 0) is 28.5 Å². The van der Waals surface area contributed by atoms with Crippen molar-refractivity contribution in [1.29, 1.82) is 0 Å². The molecule has 0 aromatic rings. The van der Waals surface area contributed by atoms with Gasteiger partial charge in [-0.05, 0) is 20.3 Å². The lowest BCUT2D eigenvalue weighted by Crippen LogP contribution is -2.57. The first kappa shape index (κ1) is 33.5. The third-order valence-corrected chi connectivity index (χ3v) is 5.22. The van der Waals surface area contributed by atoms with Crippen molar-refractivity contribution >= 4 is 11.9 Å². The molecule has 0 spiro atoms. The molecule has 0 aliphatic carbocycles. The molecule has 0 bridgehead atoms. The Morgan fingerprint density at radius 1 is 1.06 bits per heavy atom. The third kappa shape index (κ3) is 15.3. The van der Waals surface area contributed by atoms with Gasteiger partial charge in [-0.15, -0.1) is 0 Å². The number of methoxy groups -OCH3 is 1. The van der Waals surface area contributed by atoms with E-state index in [-0.39, 0.29) is 19.3 Å². The zero-order valence-corrected chi connectivity index (χ0v) is 21.1. The minimum atomic E-state index is -5.08. The number of unbranched alkanes of at least 4 members (excludes halogenated alkanes) is 6. The van der Waals surface area contributed by atoms with Gasteiger partial charge < -0.3 is 34.9 Å². The van der Waals surface area contributed by atoms with Crippen molar-refractivity contribution in [2.75, 3.05) is 26.9 Å². The van der Waals surface area contributed by atoms with Gasteiger partial charge in [0, 0.05) is 7.11 Å². The van der Waals surface area contributed by atoms with E-state index >= 15 is 0 Å². The Hall–Kier alpha value is -1.47. The van der Waals surface area contributed by atoms with Gasteiger partial charge in [0.25, 0.3) is 0 Å². The van der Waals surface area contributed by atoms with Gasteiger partial charge in [-0.3, -0.25) is 4.79 Å². The number of hydrogen-bond acceptors (Lipinski definition) is 8. The molecule has 1 heterocycles. The number of hydrogen-bond donors (Lipinski definition) is 3. The number of ether oxygens (including phenoxy) is 4. The number of carboxylic acid groups (broad SMARTS) is 1. The second-order valence-corrected chi connectivity index (χ2v) is 9.11. The Kier molecular flexibility index (Phi) is 16.4. The van der Waals surface area contributed by atoms with Crippen LogP contribution in [-0.4, -0.2) is 85.2 Å². The fourth-order valence-electron chi connectivity index (χ4n) is 3.46. The molecule has 208 valence electrons. The Morgan fingerprint density at radius 3 is 2.06 bits per heavy atom. The molecular weight excluding hydrogens is 475 g/mol. The molecule has 4 atom stereocenters. The van der Waals surface area contributed by atoms with Crippen molar-refractivity contribution in [3.05, 3.63) is 0 Å².